The first-order valence-electron chi connectivity index (χ1n) is 8.63. The van der Waals surface area contributed by atoms with Crippen molar-refractivity contribution in [1.29, 1.82) is 0 Å². The second-order valence-corrected chi connectivity index (χ2v) is 8.82. The normalized spacial score (nSPS) is 11.3. The second-order valence-electron chi connectivity index (χ2n) is 6.52. The summed E-state index contributed by atoms with van der Waals surface area (Å²) in [7, 11) is -3.93. The number of sulfone groups is 1. The minimum absolute atomic E-state index is 0.0612. The van der Waals surface area contributed by atoms with E-state index in [9.17, 15) is 18.0 Å². The molecule has 3 rings (SSSR count). The topological polar surface area (TPSA) is 98.1 Å². The molecule has 0 spiro atoms. The fraction of sp³-hybridized carbons (Fsp3) is 0.150. The molecular weight excluding hydrogens is 414 g/mol. The molecule has 0 fully saturated rings. The summed E-state index contributed by atoms with van der Waals surface area (Å²) in [5, 5.41) is 6.52. The minimum Gasteiger partial charge on any atom is -0.323 e. The van der Waals surface area contributed by atoms with Crippen molar-refractivity contribution in [2.75, 3.05) is 5.32 Å². The first-order valence-corrected chi connectivity index (χ1v) is 10.5. The third-order valence-corrected chi connectivity index (χ3v) is 6.07. The summed E-state index contributed by atoms with van der Waals surface area (Å²) in [4.78, 5) is 24.5. The van der Waals surface area contributed by atoms with Gasteiger partial charge in [-0.3, -0.25) is 9.59 Å². The molecular formula is C20H18ClN3O4S. The lowest BCUT2D eigenvalue weighted by Crippen LogP contribution is -2.30. The van der Waals surface area contributed by atoms with Gasteiger partial charge in [-0.1, -0.05) is 29.8 Å². The van der Waals surface area contributed by atoms with E-state index >= 15 is 0 Å². The molecule has 3 aromatic rings. The van der Waals surface area contributed by atoms with Gasteiger partial charge in [0, 0.05) is 6.07 Å². The standard InChI is InChI=1S/C20H18ClN3O4S/c1-13-4-3-5-15(10-13)29(27,28)19-8-9-20(26)24(23-19)12-18(25)22-17-7-6-14(2)11-16(17)21/h3-11H,12H2,1-2H3,(H,22,25). The summed E-state index contributed by atoms with van der Waals surface area (Å²) in [6.45, 7) is 3.18. The van der Waals surface area contributed by atoms with Crippen molar-refractivity contribution in [1.82, 2.24) is 9.78 Å². The highest BCUT2D eigenvalue weighted by molar-refractivity contribution is 7.91. The molecule has 0 unspecified atom stereocenters. The molecule has 0 radical (unpaired) electrons. The summed E-state index contributed by atoms with van der Waals surface area (Å²) >= 11 is 6.10. The van der Waals surface area contributed by atoms with Crippen LogP contribution < -0.4 is 10.9 Å². The predicted molar refractivity (Wildman–Crippen MR) is 110 cm³/mol. The minimum atomic E-state index is -3.93. The maximum absolute atomic E-state index is 12.8. The van der Waals surface area contributed by atoms with Gasteiger partial charge in [0.2, 0.25) is 15.7 Å². The number of carbonyl (C=O) groups is 1. The Hall–Kier alpha value is -2.97. The van der Waals surface area contributed by atoms with E-state index in [1.807, 2.05) is 6.92 Å². The SMILES string of the molecule is Cc1cccc(S(=O)(=O)c2ccc(=O)n(CC(=O)Nc3ccc(C)cc3Cl)n2)c1. The lowest BCUT2D eigenvalue weighted by atomic mass is 10.2. The zero-order valence-corrected chi connectivity index (χ0v) is 17.3. The molecule has 0 aliphatic carbocycles. The van der Waals surface area contributed by atoms with Crippen LogP contribution in [0.25, 0.3) is 0 Å². The molecule has 0 atom stereocenters. The largest absolute Gasteiger partial charge is 0.323 e. The van der Waals surface area contributed by atoms with Gasteiger partial charge in [-0.2, -0.15) is 5.10 Å². The molecule has 1 aromatic heterocycles. The van der Waals surface area contributed by atoms with E-state index in [-0.39, 0.29) is 9.92 Å². The highest BCUT2D eigenvalue weighted by Gasteiger charge is 2.21. The Labute approximate surface area is 172 Å². The van der Waals surface area contributed by atoms with Gasteiger partial charge in [0.25, 0.3) is 5.56 Å². The van der Waals surface area contributed by atoms with Crippen molar-refractivity contribution in [3.05, 3.63) is 81.1 Å². The lowest BCUT2D eigenvalue weighted by molar-refractivity contribution is -0.117. The average Bonchev–Trinajstić information content (AvgIpc) is 2.65. The first-order chi connectivity index (χ1) is 13.7. The number of carbonyl (C=O) groups excluding carboxylic acids is 1. The molecule has 7 nitrogen and oxygen atoms in total. The van der Waals surface area contributed by atoms with E-state index in [2.05, 4.69) is 10.4 Å². The van der Waals surface area contributed by atoms with Crippen LogP contribution in [0.1, 0.15) is 11.1 Å². The number of aromatic nitrogens is 2. The van der Waals surface area contributed by atoms with Gasteiger partial charge < -0.3 is 5.32 Å². The van der Waals surface area contributed by atoms with E-state index in [0.29, 0.717) is 10.7 Å². The van der Waals surface area contributed by atoms with Crippen molar-refractivity contribution in [2.45, 2.75) is 30.3 Å². The Morgan fingerprint density at radius 2 is 1.79 bits per heavy atom. The van der Waals surface area contributed by atoms with Gasteiger partial charge in [0.05, 0.1) is 15.6 Å². The Kier molecular flexibility index (Phi) is 5.86. The maximum Gasteiger partial charge on any atom is 0.267 e. The number of nitrogens with one attached hydrogen (secondary N) is 1. The number of halogens is 1. The zero-order chi connectivity index (χ0) is 21.2. The Morgan fingerprint density at radius 1 is 1.07 bits per heavy atom. The van der Waals surface area contributed by atoms with Crippen LogP contribution in [-0.4, -0.2) is 24.1 Å². The monoisotopic (exact) mass is 431 g/mol. The Bertz CT molecular complexity index is 1250. The number of hydrogen-bond acceptors (Lipinski definition) is 5. The quantitative estimate of drug-likeness (QED) is 0.669. The van der Waals surface area contributed by atoms with Gasteiger partial charge in [0.15, 0.2) is 5.03 Å². The predicted octanol–water partition coefficient (Wildman–Crippen LogP) is 2.99. The van der Waals surface area contributed by atoms with Gasteiger partial charge in [0.1, 0.15) is 6.54 Å². The molecule has 150 valence electrons. The van der Waals surface area contributed by atoms with Crippen molar-refractivity contribution < 1.29 is 13.2 Å². The number of hydrogen-bond donors (Lipinski definition) is 1. The third-order valence-electron chi connectivity index (χ3n) is 4.11. The summed E-state index contributed by atoms with van der Waals surface area (Å²) in [6, 6.07) is 13.7. The average molecular weight is 432 g/mol. The van der Waals surface area contributed by atoms with E-state index in [1.165, 1.54) is 12.1 Å². The van der Waals surface area contributed by atoms with Gasteiger partial charge in [-0.05, 0) is 55.3 Å². The fourth-order valence-electron chi connectivity index (χ4n) is 2.64. The highest BCUT2D eigenvalue weighted by atomic mass is 35.5. The van der Waals surface area contributed by atoms with Gasteiger partial charge in [-0.15, -0.1) is 0 Å². The van der Waals surface area contributed by atoms with Crippen LogP contribution in [0.2, 0.25) is 5.02 Å². The summed E-state index contributed by atoms with van der Waals surface area (Å²) in [5.41, 5.74) is 1.49. The number of nitrogens with zero attached hydrogens (tertiary/aromatic N) is 2. The molecule has 0 saturated carbocycles. The van der Waals surface area contributed by atoms with Crippen molar-refractivity contribution in [2.24, 2.45) is 0 Å². The number of rotatable bonds is 5. The van der Waals surface area contributed by atoms with Crippen molar-refractivity contribution >= 4 is 33.0 Å². The molecule has 1 N–H and O–H groups in total. The third kappa shape index (κ3) is 4.72. The number of aryl methyl sites for hydroxylation is 2. The molecule has 1 heterocycles. The molecule has 0 aliphatic rings. The smallest absolute Gasteiger partial charge is 0.267 e. The van der Waals surface area contributed by atoms with E-state index in [1.54, 1.807) is 37.3 Å². The Balaban J connectivity index is 1.87. The van der Waals surface area contributed by atoms with Crippen LogP contribution in [0.3, 0.4) is 0 Å². The molecule has 29 heavy (non-hydrogen) atoms. The summed E-state index contributed by atoms with van der Waals surface area (Å²) in [5.74, 6) is -0.560. The van der Waals surface area contributed by atoms with Gasteiger partial charge in [-0.25, -0.2) is 13.1 Å². The van der Waals surface area contributed by atoms with Crippen molar-refractivity contribution in [3.8, 4) is 0 Å². The molecule has 0 saturated heterocycles. The lowest BCUT2D eigenvalue weighted by Gasteiger charge is -2.10. The highest BCUT2D eigenvalue weighted by Crippen LogP contribution is 2.23. The van der Waals surface area contributed by atoms with Crippen LogP contribution in [0, 0.1) is 13.8 Å². The van der Waals surface area contributed by atoms with Gasteiger partial charge >= 0.3 is 0 Å². The Morgan fingerprint density at radius 3 is 2.48 bits per heavy atom. The van der Waals surface area contributed by atoms with E-state index < -0.39 is 27.8 Å². The van der Waals surface area contributed by atoms with Crippen LogP contribution in [0.4, 0.5) is 5.69 Å². The zero-order valence-electron chi connectivity index (χ0n) is 15.7. The van der Waals surface area contributed by atoms with Crippen LogP contribution in [0.5, 0.6) is 0 Å². The number of benzene rings is 2. The van der Waals surface area contributed by atoms with E-state index in [0.717, 1.165) is 27.9 Å². The molecule has 0 aliphatic heterocycles. The van der Waals surface area contributed by atoms with Crippen LogP contribution in [-0.2, 0) is 21.2 Å². The second kappa shape index (κ2) is 8.18. The summed E-state index contributed by atoms with van der Waals surface area (Å²) < 4.78 is 26.4. The summed E-state index contributed by atoms with van der Waals surface area (Å²) in [6.07, 6.45) is 0. The molecule has 1 amide bonds. The van der Waals surface area contributed by atoms with E-state index in [4.69, 9.17) is 11.6 Å². The van der Waals surface area contributed by atoms with Crippen molar-refractivity contribution in [3.63, 3.8) is 0 Å². The first kappa shape index (κ1) is 20.8. The number of amides is 1. The fourth-order valence-corrected chi connectivity index (χ4v) is 4.21. The van der Waals surface area contributed by atoms with Crippen LogP contribution in [0.15, 0.2) is 69.3 Å². The maximum atomic E-state index is 12.8. The van der Waals surface area contributed by atoms with Crippen LogP contribution >= 0.6 is 11.6 Å². The number of anilines is 1. The molecule has 0 bridgehead atoms. The molecule has 9 heteroatoms. The molecule has 2 aromatic carbocycles.